The number of benzene rings is 1. The molecule has 4 nitrogen and oxygen atoms in total. The number of hydrogen-bond acceptors (Lipinski definition) is 2. The summed E-state index contributed by atoms with van der Waals surface area (Å²) in [6.07, 6.45) is 1.56. The molecule has 1 N–H and O–H groups in total. The zero-order valence-electron chi connectivity index (χ0n) is 9.11. The summed E-state index contributed by atoms with van der Waals surface area (Å²) in [6.45, 7) is 2.03. The Bertz CT molecular complexity index is 752. The minimum atomic E-state index is -0.0427. The van der Waals surface area contributed by atoms with Gasteiger partial charge in [0.25, 0.3) is 5.56 Å². The van der Waals surface area contributed by atoms with Gasteiger partial charge in [0.2, 0.25) is 0 Å². The summed E-state index contributed by atoms with van der Waals surface area (Å²) in [4.78, 5) is 19.3. The van der Waals surface area contributed by atoms with Gasteiger partial charge in [-0.3, -0.25) is 4.79 Å². The minimum Gasteiger partial charge on any atom is -0.349 e. The molecule has 0 radical (unpaired) electrons. The van der Waals surface area contributed by atoms with E-state index in [-0.39, 0.29) is 5.56 Å². The second kappa shape index (κ2) is 2.95. The Morgan fingerprint density at radius 2 is 2.19 bits per heavy atom. The average Bonchev–Trinajstić information content (AvgIpc) is 2.62. The molecule has 0 saturated carbocycles. The smallest absolute Gasteiger partial charge is 0.277 e. The molecule has 0 unspecified atom stereocenters. The molecule has 0 fully saturated rings. The van der Waals surface area contributed by atoms with Gasteiger partial charge in [0.1, 0.15) is 11.0 Å². The van der Waals surface area contributed by atoms with Crippen molar-refractivity contribution in [1.82, 2.24) is 14.5 Å². The number of rotatable bonds is 0. The van der Waals surface area contributed by atoms with Crippen molar-refractivity contribution in [1.29, 1.82) is 0 Å². The van der Waals surface area contributed by atoms with E-state index in [9.17, 15) is 4.79 Å². The molecule has 0 aliphatic rings. The molecule has 1 aromatic carbocycles. The molecule has 0 bridgehead atoms. The quantitative estimate of drug-likeness (QED) is 0.618. The van der Waals surface area contributed by atoms with Crippen LogP contribution in [0.3, 0.4) is 0 Å². The molecule has 0 aliphatic heterocycles. The molecule has 0 saturated heterocycles. The van der Waals surface area contributed by atoms with E-state index in [1.807, 2.05) is 25.1 Å². The summed E-state index contributed by atoms with van der Waals surface area (Å²) in [5.74, 6) is 0. The van der Waals surface area contributed by atoms with Crippen LogP contribution in [0.15, 0.2) is 29.3 Å². The Hall–Kier alpha value is -2.10. The lowest BCUT2D eigenvalue weighted by Gasteiger charge is -1.95. The fourth-order valence-electron chi connectivity index (χ4n) is 1.95. The third-order valence-corrected chi connectivity index (χ3v) is 2.82. The normalized spacial score (nSPS) is 11.4. The highest BCUT2D eigenvalue weighted by atomic mass is 16.1. The average molecular weight is 213 g/mol. The van der Waals surface area contributed by atoms with Crippen LogP contribution >= 0.6 is 0 Å². The summed E-state index contributed by atoms with van der Waals surface area (Å²) in [6, 6.07) is 6.04. The maximum Gasteiger partial charge on any atom is 0.277 e. The number of aromatic nitrogens is 3. The van der Waals surface area contributed by atoms with Gasteiger partial charge in [0, 0.05) is 18.0 Å². The van der Waals surface area contributed by atoms with Crippen LogP contribution in [-0.2, 0) is 7.05 Å². The summed E-state index contributed by atoms with van der Waals surface area (Å²) in [5.41, 5.74) is 3.40. The van der Waals surface area contributed by atoms with Crippen molar-refractivity contribution in [3.63, 3.8) is 0 Å². The molecule has 2 heterocycles. The highest BCUT2D eigenvalue weighted by Crippen LogP contribution is 2.21. The predicted octanol–water partition coefficient (Wildman–Crippen LogP) is 1.72. The van der Waals surface area contributed by atoms with E-state index in [4.69, 9.17) is 0 Å². The summed E-state index contributed by atoms with van der Waals surface area (Å²) in [7, 11) is 1.70. The number of aromatic amines is 1. The maximum atomic E-state index is 11.9. The molecule has 3 aromatic rings. The van der Waals surface area contributed by atoms with Crippen LogP contribution in [0.1, 0.15) is 5.56 Å². The van der Waals surface area contributed by atoms with Crippen molar-refractivity contribution in [2.75, 3.05) is 0 Å². The Kier molecular flexibility index (Phi) is 1.68. The van der Waals surface area contributed by atoms with E-state index in [2.05, 4.69) is 9.97 Å². The molecule has 16 heavy (non-hydrogen) atoms. The first-order chi connectivity index (χ1) is 7.66. The van der Waals surface area contributed by atoms with E-state index in [0.717, 1.165) is 22.0 Å². The van der Waals surface area contributed by atoms with E-state index >= 15 is 0 Å². The van der Waals surface area contributed by atoms with Crippen LogP contribution in [0.25, 0.3) is 21.9 Å². The highest BCUT2D eigenvalue weighted by molar-refractivity contribution is 6.04. The Balaban J connectivity index is 2.61. The number of hydrogen-bond donors (Lipinski definition) is 1. The number of fused-ring (bicyclic) bond motifs is 3. The SMILES string of the molecule is Cc1ccc2[nH]c3c(=O)n(C)cnc3c2c1. The lowest BCUT2D eigenvalue weighted by Crippen LogP contribution is -2.16. The van der Waals surface area contributed by atoms with Crippen LogP contribution in [-0.4, -0.2) is 14.5 Å². The van der Waals surface area contributed by atoms with Gasteiger partial charge in [-0.2, -0.15) is 0 Å². The topological polar surface area (TPSA) is 50.7 Å². The van der Waals surface area contributed by atoms with Gasteiger partial charge in [-0.05, 0) is 19.1 Å². The maximum absolute atomic E-state index is 11.9. The van der Waals surface area contributed by atoms with E-state index < -0.39 is 0 Å². The van der Waals surface area contributed by atoms with Gasteiger partial charge in [-0.15, -0.1) is 0 Å². The molecular weight excluding hydrogens is 202 g/mol. The van der Waals surface area contributed by atoms with Gasteiger partial charge in [0.05, 0.1) is 6.33 Å². The monoisotopic (exact) mass is 213 g/mol. The van der Waals surface area contributed by atoms with Gasteiger partial charge >= 0.3 is 0 Å². The minimum absolute atomic E-state index is 0.0427. The van der Waals surface area contributed by atoms with Gasteiger partial charge in [-0.25, -0.2) is 4.98 Å². The molecule has 0 amide bonds. The second-order valence-corrected chi connectivity index (χ2v) is 4.06. The highest BCUT2D eigenvalue weighted by Gasteiger charge is 2.09. The molecule has 4 heteroatoms. The molecule has 80 valence electrons. The first-order valence-corrected chi connectivity index (χ1v) is 5.10. The van der Waals surface area contributed by atoms with Crippen LogP contribution in [0.4, 0.5) is 0 Å². The summed E-state index contributed by atoms with van der Waals surface area (Å²) in [5, 5.41) is 1.01. The summed E-state index contributed by atoms with van der Waals surface area (Å²) < 4.78 is 1.48. The lowest BCUT2D eigenvalue weighted by molar-refractivity contribution is 0.841. The van der Waals surface area contributed by atoms with Crippen molar-refractivity contribution in [3.8, 4) is 0 Å². The van der Waals surface area contributed by atoms with E-state index in [0.29, 0.717) is 5.52 Å². The first kappa shape index (κ1) is 9.15. The molecule has 0 aliphatic carbocycles. The molecule has 0 spiro atoms. The van der Waals surface area contributed by atoms with E-state index in [1.165, 1.54) is 4.57 Å². The summed E-state index contributed by atoms with van der Waals surface area (Å²) >= 11 is 0. The van der Waals surface area contributed by atoms with Crippen molar-refractivity contribution < 1.29 is 0 Å². The van der Waals surface area contributed by atoms with Crippen molar-refractivity contribution in [2.24, 2.45) is 7.05 Å². The van der Waals surface area contributed by atoms with E-state index in [1.54, 1.807) is 13.4 Å². The number of aryl methyl sites for hydroxylation is 2. The number of nitrogens with zero attached hydrogens (tertiary/aromatic N) is 2. The number of nitrogens with one attached hydrogen (secondary N) is 1. The lowest BCUT2D eigenvalue weighted by atomic mass is 10.2. The van der Waals surface area contributed by atoms with Crippen molar-refractivity contribution in [3.05, 3.63) is 40.4 Å². The van der Waals surface area contributed by atoms with Crippen LogP contribution in [0.5, 0.6) is 0 Å². The third kappa shape index (κ3) is 1.10. The Morgan fingerprint density at radius 1 is 1.38 bits per heavy atom. The molecule has 2 aromatic heterocycles. The zero-order valence-corrected chi connectivity index (χ0v) is 9.11. The van der Waals surface area contributed by atoms with Gasteiger partial charge < -0.3 is 9.55 Å². The number of H-pyrrole nitrogens is 1. The van der Waals surface area contributed by atoms with Crippen molar-refractivity contribution in [2.45, 2.75) is 6.92 Å². The Morgan fingerprint density at radius 3 is 3.00 bits per heavy atom. The fraction of sp³-hybridized carbons (Fsp3) is 0.167. The molecular formula is C12H11N3O. The van der Waals surface area contributed by atoms with Crippen LogP contribution in [0.2, 0.25) is 0 Å². The predicted molar refractivity (Wildman–Crippen MR) is 63.6 cm³/mol. The molecule has 3 rings (SSSR count). The van der Waals surface area contributed by atoms with Crippen molar-refractivity contribution >= 4 is 21.9 Å². The second-order valence-electron chi connectivity index (χ2n) is 4.06. The Labute approximate surface area is 91.5 Å². The fourth-order valence-corrected chi connectivity index (χ4v) is 1.95. The molecule has 0 atom stereocenters. The van der Waals surface area contributed by atoms with Crippen LogP contribution in [0, 0.1) is 6.92 Å². The van der Waals surface area contributed by atoms with Gasteiger partial charge in [-0.1, -0.05) is 11.6 Å². The first-order valence-electron chi connectivity index (χ1n) is 5.10. The third-order valence-electron chi connectivity index (χ3n) is 2.82. The largest absolute Gasteiger partial charge is 0.349 e. The zero-order chi connectivity index (χ0) is 11.3. The van der Waals surface area contributed by atoms with Crippen LogP contribution < -0.4 is 5.56 Å². The standard InChI is InChI=1S/C12H11N3O/c1-7-3-4-9-8(5-7)10-11(14-9)12(16)15(2)6-13-10/h3-6,14H,1-2H3. The van der Waals surface area contributed by atoms with Gasteiger partial charge in [0.15, 0.2) is 0 Å².